The van der Waals surface area contributed by atoms with Crippen molar-refractivity contribution in [1.29, 1.82) is 0 Å². The number of carboxylic acid groups (broad SMARTS) is 1. The smallest absolute Gasteiger partial charge is 0.323 e. The van der Waals surface area contributed by atoms with Gasteiger partial charge in [0.1, 0.15) is 12.3 Å². The first-order valence-electron chi connectivity index (χ1n) is 6.04. The molecule has 3 aromatic rings. The van der Waals surface area contributed by atoms with Crippen LogP contribution in [0.15, 0.2) is 47.3 Å². The van der Waals surface area contributed by atoms with Crippen LogP contribution in [0.5, 0.6) is 5.75 Å². The van der Waals surface area contributed by atoms with Crippen molar-refractivity contribution in [3.8, 4) is 5.75 Å². The van der Waals surface area contributed by atoms with Gasteiger partial charge in [-0.3, -0.25) is 9.59 Å². The second kappa shape index (κ2) is 4.38. The van der Waals surface area contributed by atoms with Crippen LogP contribution in [0.2, 0.25) is 0 Å². The molecule has 0 unspecified atom stereocenters. The molecular weight excluding hydrogens is 258 g/mol. The summed E-state index contributed by atoms with van der Waals surface area (Å²) in [7, 11) is 0. The first-order chi connectivity index (χ1) is 9.58. The van der Waals surface area contributed by atoms with Crippen LogP contribution in [0.1, 0.15) is 0 Å². The number of carboxylic acids is 1. The molecule has 1 heterocycles. The maximum Gasteiger partial charge on any atom is 0.323 e. The summed E-state index contributed by atoms with van der Waals surface area (Å²) in [5.41, 5.74) is 0.847. The Bertz CT molecular complexity index is 895. The first-order valence-corrected chi connectivity index (χ1v) is 6.04. The SMILES string of the molecule is O=C(O)Cn1c2ccccc2c(=O)c2cc(O)ccc21. The maximum atomic E-state index is 12.4. The van der Waals surface area contributed by atoms with Crippen molar-refractivity contribution in [2.75, 3.05) is 0 Å². The van der Waals surface area contributed by atoms with Crippen LogP contribution < -0.4 is 5.43 Å². The van der Waals surface area contributed by atoms with Gasteiger partial charge < -0.3 is 14.8 Å². The fourth-order valence-electron chi connectivity index (χ4n) is 2.42. The molecule has 0 radical (unpaired) electrons. The lowest BCUT2D eigenvalue weighted by molar-refractivity contribution is -0.137. The van der Waals surface area contributed by atoms with Crippen LogP contribution in [0, 0.1) is 0 Å². The van der Waals surface area contributed by atoms with Crippen molar-refractivity contribution in [2.24, 2.45) is 0 Å². The van der Waals surface area contributed by atoms with Crippen molar-refractivity contribution in [2.45, 2.75) is 6.54 Å². The number of carbonyl (C=O) groups is 1. The molecule has 0 aliphatic carbocycles. The molecule has 2 N–H and O–H groups in total. The standard InChI is InChI=1S/C15H11NO4/c17-9-5-6-13-11(7-9)15(20)10-3-1-2-4-12(10)16(13)8-14(18)19/h1-7,17H,8H2,(H,18,19). The molecule has 20 heavy (non-hydrogen) atoms. The van der Waals surface area contributed by atoms with E-state index in [1.165, 1.54) is 12.1 Å². The molecule has 0 saturated carbocycles. The lowest BCUT2D eigenvalue weighted by Gasteiger charge is -2.13. The fraction of sp³-hybridized carbons (Fsp3) is 0.0667. The van der Waals surface area contributed by atoms with Crippen LogP contribution in [0.4, 0.5) is 0 Å². The number of hydrogen-bond acceptors (Lipinski definition) is 3. The number of pyridine rings is 1. The minimum atomic E-state index is -0.992. The number of hydrogen-bond donors (Lipinski definition) is 2. The minimum absolute atomic E-state index is 0.0215. The monoisotopic (exact) mass is 269 g/mol. The summed E-state index contributed by atoms with van der Waals surface area (Å²) in [5.74, 6) is -1.01. The van der Waals surface area contributed by atoms with Gasteiger partial charge in [-0.15, -0.1) is 0 Å². The lowest BCUT2D eigenvalue weighted by Crippen LogP contribution is -2.15. The van der Waals surface area contributed by atoms with E-state index in [0.29, 0.717) is 21.8 Å². The summed E-state index contributed by atoms with van der Waals surface area (Å²) in [5, 5.41) is 19.3. The molecule has 0 bridgehead atoms. The van der Waals surface area contributed by atoms with Crippen LogP contribution in [0.25, 0.3) is 21.8 Å². The number of phenolic OH excluding ortho intramolecular Hbond substituents is 1. The molecule has 0 saturated heterocycles. The Balaban J connectivity index is 2.56. The zero-order chi connectivity index (χ0) is 14.3. The summed E-state index contributed by atoms with van der Waals surface area (Å²) in [4.78, 5) is 23.5. The number of rotatable bonds is 2. The first kappa shape index (κ1) is 12.2. The third kappa shape index (κ3) is 1.80. The van der Waals surface area contributed by atoms with Gasteiger partial charge in [0.25, 0.3) is 0 Å². The number of benzene rings is 2. The Labute approximate surface area is 113 Å². The van der Waals surface area contributed by atoms with E-state index < -0.39 is 5.97 Å². The summed E-state index contributed by atoms with van der Waals surface area (Å²) < 4.78 is 1.56. The lowest BCUT2D eigenvalue weighted by atomic mass is 10.1. The summed E-state index contributed by atoms with van der Waals surface area (Å²) >= 11 is 0. The molecule has 0 atom stereocenters. The van der Waals surface area contributed by atoms with Gasteiger partial charge in [-0.05, 0) is 30.3 Å². The van der Waals surface area contributed by atoms with Gasteiger partial charge in [0.15, 0.2) is 5.43 Å². The van der Waals surface area contributed by atoms with Gasteiger partial charge in [-0.2, -0.15) is 0 Å². The number of nitrogens with zero attached hydrogens (tertiary/aromatic N) is 1. The third-order valence-corrected chi connectivity index (χ3v) is 3.25. The van der Waals surface area contributed by atoms with Gasteiger partial charge in [0.05, 0.1) is 11.0 Å². The van der Waals surface area contributed by atoms with Crippen molar-refractivity contribution in [3.05, 3.63) is 52.7 Å². The van der Waals surface area contributed by atoms with E-state index in [1.807, 2.05) is 0 Å². The van der Waals surface area contributed by atoms with Crippen LogP contribution in [-0.2, 0) is 11.3 Å². The molecule has 0 spiro atoms. The second-order valence-corrected chi connectivity index (χ2v) is 4.53. The molecule has 100 valence electrons. The van der Waals surface area contributed by atoms with E-state index >= 15 is 0 Å². The molecule has 2 aromatic carbocycles. The Hall–Kier alpha value is -2.82. The third-order valence-electron chi connectivity index (χ3n) is 3.25. The highest BCUT2D eigenvalue weighted by Gasteiger charge is 2.12. The number of phenols is 1. The van der Waals surface area contributed by atoms with E-state index in [1.54, 1.807) is 34.9 Å². The van der Waals surface area contributed by atoms with E-state index in [4.69, 9.17) is 5.11 Å². The van der Waals surface area contributed by atoms with Crippen molar-refractivity contribution >= 4 is 27.8 Å². The summed E-state index contributed by atoms with van der Waals surface area (Å²) in [6.45, 7) is -0.248. The Morgan fingerprint density at radius 2 is 1.75 bits per heavy atom. The second-order valence-electron chi connectivity index (χ2n) is 4.53. The molecule has 5 heteroatoms. The predicted molar refractivity (Wildman–Crippen MR) is 75.0 cm³/mol. The van der Waals surface area contributed by atoms with Crippen molar-refractivity contribution in [3.63, 3.8) is 0 Å². The van der Waals surface area contributed by atoms with Gasteiger partial charge in [-0.1, -0.05) is 12.1 Å². The highest BCUT2D eigenvalue weighted by Crippen LogP contribution is 2.22. The Morgan fingerprint density at radius 1 is 1.05 bits per heavy atom. The molecule has 1 aromatic heterocycles. The molecule has 0 amide bonds. The molecule has 0 fully saturated rings. The van der Waals surface area contributed by atoms with Crippen LogP contribution in [0.3, 0.4) is 0 Å². The Kier molecular flexibility index (Phi) is 2.68. The zero-order valence-corrected chi connectivity index (χ0v) is 10.4. The summed E-state index contributed by atoms with van der Waals surface area (Å²) in [6, 6.07) is 11.2. The summed E-state index contributed by atoms with van der Waals surface area (Å²) in [6.07, 6.45) is 0. The number of aromatic hydroxyl groups is 1. The molecule has 0 aliphatic rings. The fourth-order valence-corrected chi connectivity index (χ4v) is 2.42. The average Bonchev–Trinajstić information content (AvgIpc) is 2.43. The van der Waals surface area contributed by atoms with E-state index in [-0.39, 0.29) is 17.7 Å². The van der Waals surface area contributed by atoms with E-state index in [2.05, 4.69) is 0 Å². The zero-order valence-electron chi connectivity index (χ0n) is 10.4. The van der Waals surface area contributed by atoms with Crippen molar-refractivity contribution in [1.82, 2.24) is 4.57 Å². The minimum Gasteiger partial charge on any atom is -0.508 e. The number of aliphatic carboxylic acids is 1. The van der Waals surface area contributed by atoms with Gasteiger partial charge in [-0.25, -0.2) is 0 Å². The number of fused-ring (bicyclic) bond motifs is 2. The molecule has 5 nitrogen and oxygen atoms in total. The normalized spacial score (nSPS) is 11.0. The average molecular weight is 269 g/mol. The van der Waals surface area contributed by atoms with E-state index in [9.17, 15) is 14.7 Å². The number of para-hydroxylation sites is 1. The maximum absolute atomic E-state index is 12.4. The van der Waals surface area contributed by atoms with Gasteiger partial charge >= 0.3 is 5.97 Å². The predicted octanol–water partition coefficient (Wildman–Crippen LogP) is 1.94. The van der Waals surface area contributed by atoms with E-state index in [0.717, 1.165) is 0 Å². The molecular formula is C15H11NO4. The largest absolute Gasteiger partial charge is 0.508 e. The van der Waals surface area contributed by atoms with Gasteiger partial charge in [0.2, 0.25) is 0 Å². The highest BCUT2D eigenvalue weighted by atomic mass is 16.4. The Morgan fingerprint density at radius 3 is 2.50 bits per heavy atom. The van der Waals surface area contributed by atoms with Crippen LogP contribution in [-0.4, -0.2) is 20.7 Å². The van der Waals surface area contributed by atoms with Crippen LogP contribution >= 0.6 is 0 Å². The van der Waals surface area contributed by atoms with Crippen molar-refractivity contribution < 1.29 is 15.0 Å². The molecule has 0 aliphatic heterocycles. The number of aromatic nitrogens is 1. The topological polar surface area (TPSA) is 79.5 Å². The van der Waals surface area contributed by atoms with Gasteiger partial charge in [0, 0.05) is 10.8 Å². The quantitative estimate of drug-likeness (QED) is 0.697. The molecule has 3 rings (SSSR count). The highest BCUT2D eigenvalue weighted by molar-refractivity contribution is 5.95.